The third kappa shape index (κ3) is 13.8. The van der Waals surface area contributed by atoms with Crippen molar-refractivity contribution in [2.75, 3.05) is 6.61 Å². The summed E-state index contributed by atoms with van der Waals surface area (Å²) in [5, 5.41) is 21.2. The zero-order chi connectivity index (χ0) is 28.0. The van der Waals surface area contributed by atoms with E-state index in [1.54, 1.807) is 6.92 Å². The van der Waals surface area contributed by atoms with Crippen LogP contribution < -0.4 is 0 Å². The number of rotatable bonds is 20. The highest BCUT2D eigenvalue weighted by molar-refractivity contribution is 5.77. The first kappa shape index (κ1) is 34.3. The molecule has 0 aromatic rings. The van der Waals surface area contributed by atoms with E-state index in [9.17, 15) is 15.0 Å². The summed E-state index contributed by atoms with van der Waals surface area (Å²) in [4.78, 5) is 11.4. The second-order valence-corrected chi connectivity index (χ2v) is 13.1. The van der Waals surface area contributed by atoms with E-state index in [1.165, 1.54) is 31.3 Å². The maximum Gasteiger partial charge on any atom is 0.132 e. The molecule has 8 atom stereocenters. The molecule has 0 fully saturated rings. The van der Waals surface area contributed by atoms with Gasteiger partial charge in [-0.1, -0.05) is 86.1 Å². The van der Waals surface area contributed by atoms with Crippen LogP contribution in [0.25, 0.3) is 0 Å². The standard InChI is InChI=1S/C33H62O4/c1-9-10-22-37-32-28(6)27(5)31(35)23-30(32)19-18-25(3)15-11-14-24(2)16-12-20-33(8,36)21-13-17-26(4)29(7)34/h23-28,31-32,35-36H,9-22H2,1-8H3. The lowest BCUT2D eigenvalue weighted by Crippen LogP contribution is -2.39. The molecule has 0 saturated heterocycles. The molecule has 4 nitrogen and oxygen atoms in total. The second kappa shape index (κ2) is 17.8. The van der Waals surface area contributed by atoms with Crippen molar-refractivity contribution in [2.45, 2.75) is 157 Å². The third-order valence-electron chi connectivity index (χ3n) is 9.17. The van der Waals surface area contributed by atoms with E-state index >= 15 is 0 Å². The van der Waals surface area contributed by atoms with Crippen LogP contribution in [0.3, 0.4) is 0 Å². The molecule has 0 spiro atoms. The summed E-state index contributed by atoms with van der Waals surface area (Å²) < 4.78 is 6.30. The van der Waals surface area contributed by atoms with Crippen molar-refractivity contribution in [3.05, 3.63) is 11.6 Å². The topological polar surface area (TPSA) is 66.8 Å². The second-order valence-electron chi connectivity index (χ2n) is 13.1. The van der Waals surface area contributed by atoms with Crippen molar-refractivity contribution >= 4 is 5.78 Å². The predicted octanol–water partition coefficient (Wildman–Crippen LogP) is 8.28. The van der Waals surface area contributed by atoms with Gasteiger partial charge in [-0.25, -0.2) is 0 Å². The number of ether oxygens (including phenoxy) is 1. The van der Waals surface area contributed by atoms with Crippen LogP contribution in [-0.2, 0) is 9.53 Å². The fraction of sp³-hybridized carbons (Fsp3) is 0.909. The quantitative estimate of drug-likeness (QED) is 0.125. The number of Topliss-reactive ketones (excluding diaryl/α,β-unsaturated/α-hetero) is 1. The minimum Gasteiger partial charge on any atom is -0.390 e. The Morgan fingerprint density at radius 1 is 0.946 bits per heavy atom. The molecular weight excluding hydrogens is 460 g/mol. The smallest absolute Gasteiger partial charge is 0.132 e. The maximum atomic E-state index is 11.4. The fourth-order valence-corrected chi connectivity index (χ4v) is 5.69. The zero-order valence-corrected chi connectivity index (χ0v) is 25.7. The fourth-order valence-electron chi connectivity index (χ4n) is 5.69. The molecule has 0 heterocycles. The van der Waals surface area contributed by atoms with Gasteiger partial charge in [0.05, 0.1) is 17.8 Å². The number of hydrogen-bond donors (Lipinski definition) is 2. The van der Waals surface area contributed by atoms with Gasteiger partial charge in [0.2, 0.25) is 0 Å². The van der Waals surface area contributed by atoms with Gasteiger partial charge in [-0.2, -0.15) is 0 Å². The monoisotopic (exact) mass is 522 g/mol. The first-order valence-corrected chi connectivity index (χ1v) is 15.6. The van der Waals surface area contributed by atoms with Crippen LogP contribution in [0.15, 0.2) is 11.6 Å². The number of unbranched alkanes of at least 4 members (excludes halogenated alkanes) is 1. The Balaban J connectivity index is 2.30. The molecule has 0 aromatic carbocycles. The van der Waals surface area contributed by atoms with Crippen molar-refractivity contribution in [1.29, 1.82) is 0 Å². The van der Waals surface area contributed by atoms with Gasteiger partial charge < -0.3 is 14.9 Å². The number of ketones is 1. The molecular formula is C33H62O4. The van der Waals surface area contributed by atoms with E-state index in [0.29, 0.717) is 17.8 Å². The van der Waals surface area contributed by atoms with Gasteiger partial charge in [0.15, 0.2) is 0 Å². The van der Waals surface area contributed by atoms with E-state index in [1.807, 2.05) is 13.8 Å². The maximum absolute atomic E-state index is 11.4. The average molecular weight is 523 g/mol. The molecule has 0 aliphatic heterocycles. The lowest BCUT2D eigenvalue weighted by atomic mass is 9.76. The van der Waals surface area contributed by atoms with Gasteiger partial charge in [-0.05, 0) is 88.0 Å². The molecule has 0 aromatic heterocycles. The predicted molar refractivity (Wildman–Crippen MR) is 157 cm³/mol. The number of carbonyl (C=O) groups excluding carboxylic acids is 1. The Morgan fingerprint density at radius 3 is 2.11 bits per heavy atom. The zero-order valence-electron chi connectivity index (χ0n) is 25.7. The van der Waals surface area contributed by atoms with E-state index in [0.717, 1.165) is 64.4 Å². The van der Waals surface area contributed by atoms with Crippen LogP contribution >= 0.6 is 0 Å². The molecule has 37 heavy (non-hydrogen) atoms. The summed E-state index contributed by atoms with van der Waals surface area (Å²) in [7, 11) is 0. The Morgan fingerprint density at radius 2 is 1.51 bits per heavy atom. The van der Waals surface area contributed by atoms with Gasteiger partial charge in [-0.15, -0.1) is 0 Å². The SMILES string of the molecule is CCCCOC1C(CCC(C)CCCC(C)CCCC(C)(O)CCCC(C)C(C)=O)=CC(O)C(C)C1C. The first-order chi connectivity index (χ1) is 17.4. The lowest BCUT2D eigenvalue weighted by Gasteiger charge is -2.37. The minimum atomic E-state index is -0.612. The van der Waals surface area contributed by atoms with Crippen molar-refractivity contribution in [2.24, 2.45) is 29.6 Å². The van der Waals surface area contributed by atoms with Crippen LogP contribution in [0.2, 0.25) is 0 Å². The highest BCUT2D eigenvalue weighted by Gasteiger charge is 2.34. The Labute approximate surface area is 230 Å². The molecule has 1 aliphatic carbocycles. The van der Waals surface area contributed by atoms with Crippen molar-refractivity contribution in [1.82, 2.24) is 0 Å². The summed E-state index contributed by atoms with van der Waals surface area (Å²) in [5.74, 6) is 2.32. The molecule has 1 rings (SSSR count). The molecule has 0 amide bonds. The molecule has 8 unspecified atom stereocenters. The average Bonchev–Trinajstić information content (AvgIpc) is 2.82. The van der Waals surface area contributed by atoms with Crippen LogP contribution in [0.4, 0.5) is 0 Å². The molecule has 0 saturated carbocycles. The van der Waals surface area contributed by atoms with Gasteiger partial charge in [0.25, 0.3) is 0 Å². The van der Waals surface area contributed by atoms with Crippen molar-refractivity contribution in [3.8, 4) is 0 Å². The molecule has 2 N–H and O–H groups in total. The lowest BCUT2D eigenvalue weighted by molar-refractivity contribution is -0.120. The highest BCUT2D eigenvalue weighted by Crippen LogP contribution is 2.35. The van der Waals surface area contributed by atoms with E-state index in [4.69, 9.17) is 4.74 Å². The molecule has 4 heteroatoms. The number of aliphatic hydroxyl groups excluding tert-OH is 1. The molecule has 0 radical (unpaired) electrons. The summed E-state index contributed by atoms with van der Waals surface area (Å²) in [6, 6.07) is 0. The van der Waals surface area contributed by atoms with Crippen LogP contribution in [-0.4, -0.2) is 40.4 Å². The normalized spacial score (nSPS) is 26.3. The van der Waals surface area contributed by atoms with E-state index < -0.39 is 5.60 Å². The van der Waals surface area contributed by atoms with Crippen molar-refractivity contribution < 1.29 is 19.7 Å². The molecule has 1 aliphatic rings. The Bertz CT molecular complexity index is 655. The highest BCUT2D eigenvalue weighted by atomic mass is 16.5. The van der Waals surface area contributed by atoms with Gasteiger partial charge in [-0.3, -0.25) is 4.79 Å². The number of hydrogen-bond acceptors (Lipinski definition) is 4. The summed E-state index contributed by atoms with van der Waals surface area (Å²) in [5.41, 5.74) is 0.705. The van der Waals surface area contributed by atoms with E-state index in [2.05, 4.69) is 40.7 Å². The van der Waals surface area contributed by atoms with Crippen LogP contribution in [0, 0.1) is 29.6 Å². The first-order valence-electron chi connectivity index (χ1n) is 15.6. The number of aliphatic hydroxyl groups is 2. The minimum absolute atomic E-state index is 0.108. The van der Waals surface area contributed by atoms with Crippen LogP contribution in [0.1, 0.15) is 139 Å². The molecule has 218 valence electrons. The van der Waals surface area contributed by atoms with Gasteiger partial charge >= 0.3 is 0 Å². The summed E-state index contributed by atoms with van der Waals surface area (Å²) in [6.45, 7) is 17.7. The number of carbonyl (C=O) groups is 1. The van der Waals surface area contributed by atoms with Crippen LogP contribution in [0.5, 0.6) is 0 Å². The van der Waals surface area contributed by atoms with Gasteiger partial charge in [0.1, 0.15) is 5.78 Å². The van der Waals surface area contributed by atoms with E-state index in [-0.39, 0.29) is 29.8 Å². The Kier molecular flexibility index (Phi) is 16.5. The Hall–Kier alpha value is -0.710. The summed E-state index contributed by atoms with van der Waals surface area (Å²) >= 11 is 0. The summed E-state index contributed by atoms with van der Waals surface area (Å²) in [6.07, 6.45) is 15.8. The van der Waals surface area contributed by atoms with Crippen molar-refractivity contribution in [3.63, 3.8) is 0 Å². The molecule has 0 bridgehead atoms. The largest absolute Gasteiger partial charge is 0.390 e. The third-order valence-corrected chi connectivity index (χ3v) is 9.17. The van der Waals surface area contributed by atoms with Gasteiger partial charge in [0, 0.05) is 12.5 Å².